The number of nitrogens with one attached hydrogen (secondary N) is 2. The van der Waals surface area contributed by atoms with E-state index in [0.717, 1.165) is 19.5 Å². The van der Waals surface area contributed by atoms with Gasteiger partial charge in [-0.1, -0.05) is 18.2 Å². The number of rotatable bonds is 8. The van der Waals surface area contributed by atoms with Crippen molar-refractivity contribution < 1.29 is 13.2 Å². The molecule has 2 N–H and O–H groups in total. The van der Waals surface area contributed by atoms with Crippen LogP contribution in [0.4, 0.5) is 18.9 Å². The molecule has 9 heteroatoms. The van der Waals surface area contributed by atoms with E-state index in [2.05, 4.69) is 39.7 Å². The molecule has 5 nitrogen and oxygen atoms in total. The molecule has 1 aromatic rings. The van der Waals surface area contributed by atoms with Crippen LogP contribution in [0.1, 0.15) is 19.8 Å². The van der Waals surface area contributed by atoms with Gasteiger partial charge in [0.15, 0.2) is 5.96 Å². The lowest BCUT2D eigenvalue weighted by molar-refractivity contribution is -0.143. The van der Waals surface area contributed by atoms with Gasteiger partial charge >= 0.3 is 6.18 Å². The van der Waals surface area contributed by atoms with Crippen molar-refractivity contribution in [3.8, 4) is 0 Å². The number of halogens is 4. The standard InChI is InChI=1S/C19H30F3N5.HI/c1-3-23-18(25-16-10-13-27(14-16)15-19(20,21)22)24-11-7-12-26(2)17-8-5-4-6-9-17;/h4-6,8-9,16H,3,7,10-15H2,1-2H3,(H2,23,24,25);1H. The minimum absolute atomic E-state index is 0. The van der Waals surface area contributed by atoms with E-state index in [4.69, 9.17) is 0 Å². The fourth-order valence-corrected chi connectivity index (χ4v) is 3.17. The molecule has 0 radical (unpaired) electrons. The Labute approximate surface area is 182 Å². The Balaban J connectivity index is 0.00000392. The monoisotopic (exact) mass is 513 g/mol. The third kappa shape index (κ3) is 9.31. The first-order chi connectivity index (χ1) is 12.9. The fraction of sp³-hybridized carbons (Fsp3) is 0.632. The van der Waals surface area contributed by atoms with Gasteiger partial charge in [0.2, 0.25) is 0 Å². The Bertz CT molecular complexity index is 583. The van der Waals surface area contributed by atoms with Crippen LogP contribution in [0.2, 0.25) is 0 Å². The summed E-state index contributed by atoms with van der Waals surface area (Å²) < 4.78 is 37.5. The van der Waals surface area contributed by atoms with Crippen molar-refractivity contribution in [3.63, 3.8) is 0 Å². The number of aliphatic imine (C=N–C) groups is 1. The lowest BCUT2D eigenvalue weighted by Crippen LogP contribution is -2.45. The molecule has 1 aliphatic rings. The molecule has 1 aliphatic heterocycles. The predicted octanol–water partition coefficient (Wildman–Crippen LogP) is 3.32. The second kappa shape index (κ2) is 12.4. The van der Waals surface area contributed by atoms with Crippen LogP contribution in [0.25, 0.3) is 0 Å². The van der Waals surface area contributed by atoms with Gasteiger partial charge in [0.1, 0.15) is 0 Å². The molecule has 160 valence electrons. The smallest absolute Gasteiger partial charge is 0.375 e. The maximum absolute atomic E-state index is 12.5. The zero-order valence-electron chi connectivity index (χ0n) is 16.5. The van der Waals surface area contributed by atoms with Crippen molar-refractivity contribution in [2.75, 3.05) is 51.2 Å². The van der Waals surface area contributed by atoms with Crippen LogP contribution in [0.5, 0.6) is 0 Å². The summed E-state index contributed by atoms with van der Waals surface area (Å²) in [6.45, 7) is 4.24. The zero-order chi connectivity index (χ0) is 19.7. The highest BCUT2D eigenvalue weighted by Gasteiger charge is 2.34. The number of hydrogen-bond acceptors (Lipinski definition) is 3. The molecular weight excluding hydrogens is 482 g/mol. The molecule has 28 heavy (non-hydrogen) atoms. The summed E-state index contributed by atoms with van der Waals surface area (Å²) in [7, 11) is 2.05. The number of hydrogen-bond donors (Lipinski definition) is 2. The summed E-state index contributed by atoms with van der Waals surface area (Å²) in [5.41, 5.74) is 1.17. The van der Waals surface area contributed by atoms with Gasteiger partial charge in [-0.05, 0) is 31.9 Å². The van der Waals surface area contributed by atoms with Gasteiger partial charge in [0.25, 0.3) is 0 Å². The van der Waals surface area contributed by atoms with Gasteiger partial charge in [0, 0.05) is 51.5 Å². The van der Waals surface area contributed by atoms with Gasteiger partial charge < -0.3 is 15.5 Å². The van der Waals surface area contributed by atoms with Crippen molar-refractivity contribution >= 4 is 35.6 Å². The lowest BCUT2D eigenvalue weighted by Gasteiger charge is -2.20. The summed E-state index contributed by atoms with van der Waals surface area (Å²) in [6, 6.07) is 10.2. The van der Waals surface area contributed by atoms with Gasteiger partial charge in [0.05, 0.1) is 6.54 Å². The van der Waals surface area contributed by atoms with Gasteiger partial charge in [-0.3, -0.25) is 9.89 Å². The van der Waals surface area contributed by atoms with Crippen LogP contribution < -0.4 is 15.5 Å². The molecule has 0 aromatic heterocycles. The van der Waals surface area contributed by atoms with Crippen LogP contribution in [-0.2, 0) is 0 Å². The summed E-state index contributed by atoms with van der Waals surface area (Å²) in [6.07, 6.45) is -2.55. The molecule has 0 aliphatic carbocycles. The Kier molecular flexibility index (Phi) is 10.9. The molecule has 0 spiro atoms. The van der Waals surface area contributed by atoms with E-state index < -0.39 is 12.7 Å². The van der Waals surface area contributed by atoms with E-state index in [1.807, 2.05) is 25.1 Å². The molecule has 1 heterocycles. The molecule has 0 saturated carbocycles. The van der Waals surface area contributed by atoms with Gasteiger partial charge in [-0.2, -0.15) is 13.2 Å². The van der Waals surface area contributed by atoms with Crippen molar-refractivity contribution in [2.45, 2.75) is 32.0 Å². The third-order valence-electron chi connectivity index (χ3n) is 4.48. The number of para-hydroxylation sites is 1. The van der Waals surface area contributed by atoms with Crippen molar-refractivity contribution in [3.05, 3.63) is 30.3 Å². The average molecular weight is 513 g/mol. The number of alkyl halides is 3. The molecule has 1 atom stereocenters. The first-order valence-corrected chi connectivity index (χ1v) is 9.47. The first-order valence-electron chi connectivity index (χ1n) is 9.47. The largest absolute Gasteiger partial charge is 0.401 e. The molecule has 0 amide bonds. The number of anilines is 1. The number of guanidine groups is 1. The number of likely N-dealkylation sites (tertiary alicyclic amines) is 1. The highest BCUT2D eigenvalue weighted by molar-refractivity contribution is 14.0. The molecule has 0 bridgehead atoms. The Morgan fingerprint density at radius 1 is 1.29 bits per heavy atom. The first kappa shape index (κ1) is 24.8. The second-order valence-electron chi connectivity index (χ2n) is 6.85. The molecule has 2 rings (SSSR count). The highest BCUT2D eigenvalue weighted by atomic mass is 127. The highest BCUT2D eigenvalue weighted by Crippen LogP contribution is 2.19. The molecule has 1 unspecified atom stereocenters. The van der Waals surface area contributed by atoms with Crippen molar-refractivity contribution in [2.24, 2.45) is 4.99 Å². The van der Waals surface area contributed by atoms with E-state index in [9.17, 15) is 13.2 Å². The molecule has 1 fully saturated rings. The molecule has 1 aromatic carbocycles. The summed E-state index contributed by atoms with van der Waals surface area (Å²) in [5, 5.41) is 6.45. The predicted molar refractivity (Wildman–Crippen MR) is 120 cm³/mol. The fourth-order valence-electron chi connectivity index (χ4n) is 3.17. The Morgan fingerprint density at radius 2 is 2.00 bits per heavy atom. The number of nitrogens with zero attached hydrogens (tertiary/aromatic N) is 3. The van der Waals surface area contributed by atoms with E-state index in [0.29, 0.717) is 32.0 Å². The average Bonchev–Trinajstić information content (AvgIpc) is 3.04. The topological polar surface area (TPSA) is 42.9 Å². The Morgan fingerprint density at radius 3 is 2.64 bits per heavy atom. The second-order valence-corrected chi connectivity index (χ2v) is 6.85. The summed E-state index contributed by atoms with van der Waals surface area (Å²) in [5.74, 6) is 0.679. The van der Waals surface area contributed by atoms with E-state index in [1.165, 1.54) is 10.6 Å². The van der Waals surface area contributed by atoms with E-state index >= 15 is 0 Å². The maximum atomic E-state index is 12.5. The normalized spacial score (nSPS) is 17.9. The minimum atomic E-state index is -4.14. The number of benzene rings is 1. The van der Waals surface area contributed by atoms with E-state index in [-0.39, 0.29) is 30.0 Å². The SMILES string of the molecule is CCNC(=NCCCN(C)c1ccccc1)NC1CCN(CC(F)(F)F)C1.I. The maximum Gasteiger partial charge on any atom is 0.401 e. The van der Waals surface area contributed by atoms with Crippen molar-refractivity contribution in [1.29, 1.82) is 0 Å². The zero-order valence-corrected chi connectivity index (χ0v) is 18.8. The van der Waals surface area contributed by atoms with E-state index in [1.54, 1.807) is 0 Å². The van der Waals surface area contributed by atoms with Gasteiger partial charge in [-0.15, -0.1) is 24.0 Å². The van der Waals surface area contributed by atoms with Crippen LogP contribution in [0.3, 0.4) is 0 Å². The van der Waals surface area contributed by atoms with Crippen LogP contribution in [0, 0.1) is 0 Å². The molecule has 1 saturated heterocycles. The Hall–Kier alpha value is -1.23. The van der Waals surface area contributed by atoms with Crippen molar-refractivity contribution in [1.82, 2.24) is 15.5 Å². The van der Waals surface area contributed by atoms with Gasteiger partial charge in [-0.25, -0.2) is 0 Å². The van der Waals surface area contributed by atoms with Crippen LogP contribution >= 0.6 is 24.0 Å². The molecular formula is C19H31F3IN5. The summed E-state index contributed by atoms with van der Waals surface area (Å²) >= 11 is 0. The van der Waals surface area contributed by atoms with Crippen LogP contribution in [0.15, 0.2) is 35.3 Å². The van der Waals surface area contributed by atoms with Crippen LogP contribution in [-0.4, -0.2) is 69.4 Å². The summed E-state index contributed by atoms with van der Waals surface area (Å²) in [4.78, 5) is 8.19. The minimum Gasteiger partial charge on any atom is -0.375 e. The third-order valence-corrected chi connectivity index (χ3v) is 4.48. The quantitative estimate of drug-likeness (QED) is 0.242. The lowest BCUT2D eigenvalue weighted by atomic mass is 10.3.